The summed E-state index contributed by atoms with van der Waals surface area (Å²) in [5.74, 6) is 1.12. The fourth-order valence-electron chi connectivity index (χ4n) is 2.51. The number of rotatable bonds is 5. The van der Waals surface area contributed by atoms with Crippen molar-refractivity contribution >= 4 is 5.91 Å². The molecule has 19 heavy (non-hydrogen) atoms. The van der Waals surface area contributed by atoms with Crippen molar-refractivity contribution in [3.05, 3.63) is 23.9 Å². The zero-order valence-electron chi connectivity index (χ0n) is 11.5. The van der Waals surface area contributed by atoms with E-state index in [1.54, 1.807) is 18.3 Å². The van der Waals surface area contributed by atoms with Gasteiger partial charge in [-0.25, -0.2) is 4.98 Å². The van der Waals surface area contributed by atoms with E-state index in [0.29, 0.717) is 24.0 Å². The first-order valence-corrected chi connectivity index (χ1v) is 7.16. The van der Waals surface area contributed by atoms with E-state index in [1.165, 1.54) is 32.1 Å². The molecule has 4 nitrogen and oxygen atoms in total. The molecule has 1 aromatic heterocycles. The van der Waals surface area contributed by atoms with Gasteiger partial charge in [-0.15, -0.1) is 0 Å². The highest BCUT2D eigenvalue weighted by Crippen LogP contribution is 2.22. The van der Waals surface area contributed by atoms with Crippen LogP contribution in [0.1, 0.15) is 49.4 Å². The molecule has 0 aliphatic heterocycles. The van der Waals surface area contributed by atoms with Gasteiger partial charge in [-0.3, -0.25) is 4.79 Å². The summed E-state index contributed by atoms with van der Waals surface area (Å²) in [6.07, 6.45) is 8.02. The van der Waals surface area contributed by atoms with E-state index < -0.39 is 0 Å². The van der Waals surface area contributed by atoms with Crippen LogP contribution in [0.2, 0.25) is 0 Å². The molecule has 1 N–H and O–H groups in total. The van der Waals surface area contributed by atoms with Crippen LogP contribution < -0.4 is 10.1 Å². The van der Waals surface area contributed by atoms with Crippen LogP contribution in [0.3, 0.4) is 0 Å². The lowest BCUT2D eigenvalue weighted by Gasteiger charge is -2.21. The summed E-state index contributed by atoms with van der Waals surface area (Å²) >= 11 is 0. The number of nitrogens with zero attached hydrogens (tertiary/aromatic N) is 1. The van der Waals surface area contributed by atoms with E-state index in [9.17, 15) is 4.79 Å². The number of aromatic nitrogens is 1. The van der Waals surface area contributed by atoms with E-state index in [4.69, 9.17) is 4.74 Å². The molecule has 104 valence electrons. The van der Waals surface area contributed by atoms with Crippen molar-refractivity contribution < 1.29 is 9.53 Å². The van der Waals surface area contributed by atoms with Crippen molar-refractivity contribution in [3.8, 4) is 5.88 Å². The molecule has 0 bridgehead atoms. The van der Waals surface area contributed by atoms with Crippen LogP contribution >= 0.6 is 0 Å². The number of hydrogen-bond donors (Lipinski definition) is 1. The normalized spacial score (nSPS) is 16.1. The lowest BCUT2D eigenvalue weighted by atomic mass is 9.89. The molecular formula is C15H22N2O2. The molecule has 0 aromatic carbocycles. The molecule has 4 heteroatoms. The molecule has 1 heterocycles. The fraction of sp³-hybridized carbons (Fsp3) is 0.600. The Kier molecular flexibility index (Phi) is 5.19. The van der Waals surface area contributed by atoms with Crippen LogP contribution in [0.25, 0.3) is 0 Å². The third kappa shape index (κ3) is 4.23. The molecule has 1 aliphatic rings. The molecule has 0 saturated heterocycles. The third-order valence-corrected chi connectivity index (χ3v) is 3.57. The second-order valence-corrected chi connectivity index (χ2v) is 5.03. The van der Waals surface area contributed by atoms with Gasteiger partial charge < -0.3 is 10.1 Å². The Labute approximate surface area is 114 Å². The lowest BCUT2D eigenvalue weighted by Crippen LogP contribution is -2.30. The summed E-state index contributed by atoms with van der Waals surface area (Å²) in [7, 11) is 0. The largest absolute Gasteiger partial charge is 0.478 e. The third-order valence-electron chi connectivity index (χ3n) is 3.57. The number of ether oxygens (including phenoxy) is 1. The Balaban J connectivity index is 1.86. The molecule has 0 unspecified atom stereocenters. The monoisotopic (exact) mass is 262 g/mol. The van der Waals surface area contributed by atoms with Crippen LogP contribution in [-0.2, 0) is 0 Å². The first-order chi connectivity index (χ1) is 9.29. The fourth-order valence-corrected chi connectivity index (χ4v) is 2.51. The standard InChI is InChI=1S/C15H22N2O2/c1-2-19-14-10-13(8-9-16-14)15(18)17-11-12-6-4-3-5-7-12/h8-10,12H,2-7,11H2,1H3,(H,17,18). The lowest BCUT2D eigenvalue weighted by molar-refractivity contribution is 0.0943. The topological polar surface area (TPSA) is 51.2 Å². The Hall–Kier alpha value is -1.58. The highest BCUT2D eigenvalue weighted by Gasteiger charge is 2.15. The van der Waals surface area contributed by atoms with Gasteiger partial charge in [0.25, 0.3) is 5.91 Å². The van der Waals surface area contributed by atoms with E-state index in [2.05, 4.69) is 10.3 Å². The minimum atomic E-state index is -0.0334. The highest BCUT2D eigenvalue weighted by atomic mass is 16.5. The molecular weight excluding hydrogens is 240 g/mol. The van der Waals surface area contributed by atoms with E-state index in [1.807, 2.05) is 6.92 Å². The molecule has 1 saturated carbocycles. The van der Waals surface area contributed by atoms with Gasteiger partial charge in [0.1, 0.15) is 0 Å². The van der Waals surface area contributed by atoms with Gasteiger partial charge in [0.15, 0.2) is 0 Å². The van der Waals surface area contributed by atoms with Crippen LogP contribution in [0, 0.1) is 5.92 Å². The predicted octanol–water partition coefficient (Wildman–Crippen LogP) is 2.79. The van der Waals surface area contributed by atoms with Crippen molar-refractivity contribution in [3.63, 3.8) is 0 Å². The van der Waals surface area contributed by atoms with Crippen LogP contribution in [0.4, 0.5) is 0 Å². The maximum atomic E-state index is 12.0. The number of amides is 1. The first kappa shape index (κ1) is 13.8. The van der Waals surface area contributed by atoms with Gasteiger partial charge in [-0.1, -0.05) is 19.3 Å². The quantitative estimate of drug-likeness (QED) is 0.887. The Morgan fingerprint density at radius 2 is 2.21 bits per heavy atom. The van der Waals surface area contributed by atoms with Gasteiger partial charge in [-0.2, -0.15) is 0 Å². The van der Waals surface area contributed by atoms with Gasteiger partial charge in [-0.05, 0) is 31.7 Å². The van der Waals surface area contributed by atoms with Crippen LogP contribution in [-0.4, -0.2) is 24.0 Å². The molecule has 1 aromatic rings. The summed E-state index contributed by atoms with van der Waals surface area (Å²) in [5, 5.41) is 3.02. The summed E-state index contributed by atoms with van der Waals surface area (Å²) in [6, 6.07) is 3.42. The molecule has 0 atom stereocenters. The van der Waals surface area contributed by atoms with Crippen molar-refractivity contribution in [2.45, 2.75) is 39.0 Å². The number of hydrogen-bond acceptors (Lipinski definition) is 3. The number of nitrogens with one attached hydrogen (secondary N) is 1. The SMILES string of the molecule is CCOc1cc(C(=O)NCC2CCCCC2)ccn1. The van der Waals surface area contributed by atoms with Crippen molar-refractivity contribution in [2.24, 2.45) is 5.92 Å². The maximum absolute atomic E-state index is 12.0. The highest BCUT2D eigenvalue weighted by molar-refractivity contribution is 5.94. The van der Waals surface area contributed by atoms with E-state index >= 15 is 0 Å². The molecule has 1 amide bonds. The first-order valence-electron chi connectivity index (χ1n) is 7.16. The summed E-state index contributed by atoms with van der Waals surface area (Å²) in [5.41, 5.74) is 0.620. The van der Waals surface area contributed by atoms with Gasteiger partial charge in [0, 0.05) is 24.4 Å². The maximum Gasteiger partial charge on any atom is 0.251 e. The van der Waals surface area contributed by atoms with Gasteiger partial charge in [0.2, 0.25) is 5.88 Å². The zero-order valence-corrected chi connectivity index (χ0v) is 11.5. The Morgan fingerprint density at radius 3 is 2.95 bits per heavy atom. The van der Waals surface area contributed by atoms with Crippen molar-refractivity contribution in [1.82, 2.24) is 10.3 Å². The Morgan fingerprint density at radius 1 is 1.42 bits per heavy atom. The van der Waals surface area contributed by atoms with E-state index in [-0.39, 0.29) is 5.91 Å². The molecule has 2 rings (SSSR count). The van der Waals surface area contributed by atoms with Gasteiger partial charge in [0.05, 0.1) is 6.61 Å². The second kappa shape index (κ2) is 7.12. The number of carbonyl (C=O) groups excluding carboxylic acids is 1. The summed E-state index contributed by atoms with van der Waals surface area (Å²) < 4.78 is 5.30. The molecule has 0 radical (unpaired) electrons. The predicted molar refractivity (Wildman–Crippen MR) is 74.3 cm³/mol. The average molecular weight is 262 g/mol. The summed E-state index contributed by atoms with van der Waals surface area (Å²) in [4.78, 5) is 16.1. The minimum Gasteiger partial charge on any atom is -0.478 e. The molecule has 0 spiro atoms. The van der Waals surface area contributed by atoms with Gasteiger partial charge >= 0.3 is 0 Å². The number of carbonyl (C=O) groups is 1. The van der Waals surface area contributed by atoms with Crippen molar-refractivity contribution in [2.75, 3.05) is 13.2 Å². The average Bonchev–Trinajstić information content (AvgIpc) is 2.46. The van der Waals surface area contributed by atoms with Crippen molar-refractivity contribution in [1.29, 1.82) is 0 Å². The Bertz CT molecular complexity index is 414. The minimum absolute atomic E-state index is 0.0334. The smallest absolute Gasteiger partial charge is 0.251 e. The van der Waals surface area contributed by atoms with Crippen LogP contribution in [0.5, 0.6) is 5.88 Å². The van der Waals surface area contributed by atoms with E-state index in [0.717, 1.165) is 6.54 Å². The molecule has 1 aliphatic carbocycles. The number of pyridine rings is 1. The second-order valence-electron chi connectivity index (χ2n) is 5.03. The summed E-state index contributed by atoms with van der Waals surface area (Å²) in [6.45, 7) is 3.24. The molecule has 1 fully saturated rings. The van der Waals surface area contributed by atoms with Crippen LogP contribution in [0.15, 0.2) is 18.3 Å². The zero-order chi connectivity index (χ0) is 13.5.